The summed E-state index contributed by atoms with van der Waals surface area (Å²) in [5.41, 5.74) is 2.00. The molecule has 0 aromatic heterocycles. The van der Waals surface area contributed by atoms with Crippen LogP contribution >= 0.6 is 0 Å². The average molecular weight is 328 g/mol. The zero-order valence-electron chi connectivity index (χ0n) is 14.5. The van der Waals surface area contributed by atoms with Gasteiger partial charge in [-0.05, 0) is 54.3 Å². The quantitative estimate of drug-likeness (QED) is 0.735. The molecular weight excluding hydrogens is 304 g/mol. The number of urea groups is 1. The highest BCUT2D eigenvalue weighted by Crippen LogP contribution is 2.23. The maximum atomic E-state index is 12.0. The van der Waals surface area contributed by atoms with E-state index in [-0.39, 0.29) is 17.2 Å². The Kier molecular flexibility index (Phi) is 5.34. The van der Waals surface area contributed by atoms with E-state index < -0.39 is 6.23 Å². The second kappa shape index (κ2) is 7.25. The molecule has 2 amide bonds. The summed E-state index contributed by atoms with van der Waals surface area (Å²) in [5, 5.41) is 14.7. The first kappa shape index (κ1) is 17.7. The summed E-state index contributed by atoms with van der Waals surface area (Å²) < 4.78 is 5.56. The van der Waals surface area contributed by atoms with Crippen LogP contribution in [0.3, 0.4) is 0 Å². The van der Waals surface area contributed by atoms with Gasteiger partial charge in [0.05, 0.1) is 0 Å². The number of benzene rings is 2. The van der Waals surface area contributed by atoms with E-state index in [1.807, 2.05) is 24.3 Å². The molecule has 2 rings (SSSR count). The monoisotopic (exact) mass is 328 g/mol. The minimum Gasteiger partial charge on any atom is -0.508 e. The van der Waals surface area contributed by atoms with Crippen molar-refractivity contribution in [1.82, 2.24) is 5.32 Å². The lowest BCUT2D eigenvalue weighted by Gasteiger charge is -2.20. The maximum absolute atomic E-state index is 12.0. The third kappa shape index (κ3) is 5.19. The van der Waals surface area contributed by atoms with Crippen molar-refractivity contribution in [3.05, 3.63) is 54.1 Å². The summed E-state index contributed by atoms with van der Waals surface area (Å²) in [6.07, 6.45) is -0.511. The molecule has 24 heavy (non-hydrogen) atoms. The van der Waals surface area contributed by atoms with Crippen LogP contribution < -0.4 is 15.4 Å². The van der Waals surface area contributed by atoms with E-state index in [9.17, 15) is 9.90 Å². The fourth-order valence-electron chi connectivity index (χ4n) is 2.16. The molecule has 0 saturated carbocycles. The molecule has 5 heteroatoms. The van der Waals surface area contributed by atoms with E-state index in [0.717, 1.165) is 5.69 Å². The van der Waals surface area contributed by atoms with Crippen molar-refractivity contribution in [3.63, 3.8) is 0 Å². The number of carbonyl (C=O) groups excluding carboxylic acids is 1. The molecule has 0 heterocycles. The molecule has 0 aliphatic carbocycles. The van der Waals surface area contributed by atoms with Gasteiger partial charge in [-0.1, -0.05) is 32.9 Å². The molecule has 0 aliphatic heterocycles. The number of hydrogen-bond acceptors (Lipinski definition) is 3. The summed E-state index contributed by atoms with van der Waals surface area (Å²) in [6.45, 7) is 8.16. The Labute approximate surface area is 142 Å². The van der Waals surface area contributed by atoms with Gasteiger partial charge in [0.15, 0.2) is 6.23 Å². The maximum Gasteiger partial charge on any atom is 0.322 e. The normalized spacial score (nSPS) is 12.3. The van der Waals surface area contributed by atoms with Crippen molar-refractivity contribution in [2.24, 2.45) is 0 Å². The molecular formula is C19H24N2O3. The van der Waals surface area contributed by atoms with Gasteiger partial charge in [-0.3, -0.25) is 0 Å². The van der Waals surface area contributed by atoms with Gasteiger partial charge in [0.1, 0.15) is 11.5 Å². The van der Waals surface area contributed by atoms with E-state index >= 15 is 0 Å². The van der Waals surface area contributed by atoms with Gasteiger partial charge in [0.25, 0.3) is 0 Å². The highest BCUT2D eigenvalue weighted by molar-refractivity contribution is 5.89. The van der Waals surface area contributed by atoms with E-state index in [4.69, 9.17) is 4.74 Å². The highest BCUT2D eigenvalue weighted by atomic mass is 16.5. The van der Waals surface area contributed by atoms with Gasteiger partial charge in [-0.25, -0.2) is 4.79 Å². The first-order chi connectivity index (χ1) is 11.2. The number of carbonyl (C=O) groups is 1. The average Bonchev–Trinajstić information content (AvgIpc) is 2.49. The van der Waals surface area contributed by atoms with Crippen LogP contribution in [0.5, 0.6) is 11.5 Å². The highest BCUT2D eigenvalue weighted by Gasteiger charge is 2.13. The van der Waals surface area contributed by atoms with Crippen LogP contribution in [0.1, 0.15) is 33.3 Å². The van der Waals surface area contributed by atoms with Crippen molar-refractivity contribution >= 4 is 11.7 Å². The molecule has 0 bridgehead atoms. The molecule has 2 aromatic carbocycles. The molecule has 1 unspecified atom stereocenters. The van der Waals surface area contributed by atoms with Crippen LogP contribution in [0.15, 0.2) is 48.5 Å². The summed E-state index contributed by atoms with van der Waals surface area (Å²) in [6, 6.07) is 13.8. The Morgan fingerprint density at radius 1 is 1.04 bits per heavy atom. The summed E-state index contributed by atoms with van der Waals surface area (Å²) in [7, 11) is 0. The Balaban J connectivity index is 1.87. The number of phenols is 1. The zero-order valence-corrected chi connectivity index (χ0v) is 14.5. The standard InChI is InChI=1S/C19H24N2O3/c1-13(24-17-11-9-16(22)10-12-17)20-18(23)21-15-7-5-14(6-8-15)19(2,3)4/h5-13,22H,1-4H3,(H2,20,21,23). The Morgan fingerprint density at radius 2 is 1.62 bits per heavy atom. The van der Waals surface area contributed by atoms with Crippen LogP contribution in [0.4, 0.5) is 10.5 Å². The van der Waals surface area contributed by atoms with Gasteiger partial charge in [0, 0.05) is 5.69 Å². The third-order valence-corrected chi connectivity index (χ3v) is 3.49. The van der Waals surface area contributed by atoms with Crippen molar-refractivity contribution in [3.8, 4) is 11.5 Å². The number of nitrogens with one attached hydrogen (secondary N) is 2. The molecule has 2 aromatic rings. The van der Waals surface area contributed by atoms with E-state index in [1.54, 1.807) is 19.1 Å². The van der Waals surface area contributed by atoms with E-state index in [1.165, 1.54) is 17.7 Å². The minimum absolute atomic E-state index is 0.0766. The number of hydrogen-bond donors (Lipinski definition) is 3. The van der Waals surface area contributed by atoms with Crippen LogP contribution in [0, 0.1) is 0 Å². The predicted octanol–water partition coefficient (Wildman–Crippen LogP) is 4.24. The van der Waals surface area contributed by atoms with Crippen LogP contribution in [0.25, 0.3) is 0 Å². The van der Waals surface area contributed by atoms with Crippen LogP contribution in [0.2, 0.25) is 0 Å². The topological polar surface area (TPSA) is 70.6 Å². The zero-order chi connectivity index (χ0) is 17.7. The summed E-state index contributed by atoms with van der Waals surface area (Å²) >= 11 is 0. The first-order valence-electron chi connectivity index (χ1n) is 7.88. The molecule has 1 atom stereocenters. The van der Waals surface area contributed by atoms with Crippen LogP contribution in [-0.4, -0.2) is 17.4 Å². The van der Waals surface area contributed by atoms with Gasteiger partial charge >= 0.3 is 6.03 Å². The van der Waals surface area contributed by atoms with Crippen LogP contribution in [-0.2, 0) is 5.41 Å². The van der Waals surface area contributed by atoms with Gasteiger partial charge in [-0.15, -0.1) is 0 Å². The summed E-state index contributed by atoms with van der Waals surface area (Å²) in [5.74, 6) is 0.731. The van der Waals surface area contributed by atoms with E-state index in [2.05, 4.69) is 31.4 Å². The number of phenolic OH excluding ortho intramolecular Hbond substituents is 1. The number of rotatable bonds is 4. The second-order valence-corrected chi connectivity index (χ2v) is 6.68. The molecule has 0 aliphatic rings. The molecule has 0 spiro atoms. The fraction of sp³-hybridized carbons (Fsp3) is 0.316. The third-order valence-electron chi connectivity index (χ3n) is 3.49. The number of aromatic hydroxyl groups is 1. The smallest absolute Gasteiger partial charge is 0.322 e. The number of amides is 2. The Hall–Kier alpha value is -2.69. The van der Waals surface area contributed by atoms with Gasteiger partial charge in [-0.2, -0.15) is 0 Å². The largest absolute Gasteiger partial charge is 0.508 e. The predicted molar refractivity (Wildman–Crippen MR) is 95.5 cm³/mol. The van der Waals surface area contributed by atoms with Crippen molar-refractivity contribution in [1.29, 1.82) is 0 Å². The minimum atomic E-state index is -0.511. The molecule has 0 radical (unpaired) electrons. The number of ether oxygens (including phenoxy) is 1. The van der Waals surface area contributed by atoms with Gasteiger partial charge < -0.3 is 20.5 Å². The first-order valence-corrected chi connectivity index (χ1v) is 7.88. The Bertz CT molecular complexity index is 673. The molecule has 128 valence electrons. The second-order valence-electron chi connectivity index (χ2n) is 6.68. The molecule has 0 saturated heterocycles. The lowest BCUT2D eigenvalue weighted by Crippen LogP contribution is -2.39. The molecule has 3 N–H and O–H groups in total. The molecule has 0 fully saturated rings. The summed E-state index contributed by atoms with van der Waals surface area (Å²) in [4.78, 5) is 12.0. The van der Waals surface area contributed by atoms with Gasteiger partial charge in [0.2, 0.25) is 0 Å². The lowest BCUT2D eigenvalue weighted by atomic mass is 9.87. The fourth-order valence-corrected chi connectivity index (χ4v) is 2.16. The lowest BCUT2D eigenvalue weighted by molar-refractivity contribution is 0.183. The SMILES string of the molecule is CC(NC(=O)Nc1ccc(C(C)(C)C)cc1)Oc1ccc(O)cc1. The van der Waals surface area contributed by atoms with Crippen molar-refractivity contribution in [2.45, 2.75) is 39.3 Å². The Morgan fingerprint density at radius 3 is 2.17 bits per heavy atom. The van der Waals surface area contributed by atoms with Crippen molar-refractivity contribution < 1.29 is 14.6 Å². The van der Waals surface area contributed by atoms with Crippen molar-refractivity contribution in [2.75, 3.05) is 5.32 Å². The molecule has 5 nitrogen and oxygen atoms in total. The van der Waals surface area contributed by atoms with E-state index in [0.29, 0.717) is 5.75 Å². The number of anilines is 1.